The molecule has 1 aromatic heterocycles. The predicted molar refractivity (Wildman–Crippen MR) is 73.7 cm³/mol. The molecule has 17 heavy (non-hydrogen) atoms. The summed E-state index contributed by atoms with van der Waals surface area (Å²) in [4.78, 5) is 2.86. The van der Waals surface area contributed by atoms with Crippen LogP contribution in [0.3, 0.4) is 0 Å². The molecule has 1 aromatic rings. The molecule has 0 amide bonds. The molecular weight excluding hydrogens is 230 g/mol. The Morgan fingerprint density at radius 3 is 2.94 bits per heavy atom. The number of hydrogen-bond acceptors (Lipinski definition) is 3. The van der Waals surface area contributed by atoms with E-state index < -0.39 is 0 Å². The Kier molecular flexibility index (Phi) is 5.01. The molecule has 0 saturated carbocycles. The van der Waals surface area contributed by atoms with Crippen molar-refractivity contribution in [2.45, 2.75) is 51.2 Å². The largest absolute Gasteiger partial charge is 0.378 e. The van der Waals surface area contributed by atoms with Crippen LogP contribution in [0.5, 0.6) is 0 Å². The Morgan fingerprint density at radius 1 is 1.47 bits per heavy atom. The van der Waals surface area contributed by atoms with Crippen LogP contribution in [0.4, 0.5) is 0 Å². The highest BCUT2D eigenvalue weighted by atomic mass is 32.1. The highest BCUT2D eigenvalue weighted by Gasteiger charge is 2.17. The predicted octanol–water partition coefficient (Wildman–Crippen LogP) is 3.67. The molecule has 2 heterocycles. The molecule has 1 aliphatic rings. The van der Waals surface area contributed by atoms with Gasteiger partial charge in [0.1, 0.15) is 0 Å². The van der Waals surface area contributed by atoms with Gasteiger partial charge < -0.3 is 10.1 Å². The number of aryl methyl sites for hydroxylation is 1. The van der Waals surface area contributed by atoms with Gasteiger partial charge in [-0.05, 0) is 58.2 Å². The number of rotatable bonds is 5. The van der Waals surface area contributed by atoms with E-state index in [0.717, 1.165) is 6.61 Å². The summed E-state index contributed by atoms with van der Waals surface area (Å²) < 4.78 is 5.79. The Labute approximate surface area is 108 Å². The molecule has 0 radical (unpaired) electrons. The number of nitrogens with one attached hydrogen (secondary N) is 1. The molecule has 3 heteroatoms. The molecule has 1 N–H and O–H groups in total. The molecule has 0 aromatic carbocycles. The first-order valence-corrected chi connectivity index (χ1v) is 7.46. The monoisotopic (exact) mass is 253 g/mol. The second-order valence-corrected chi connectivity index (χ2v) is 6.18. The molecule has 2 nitrogen and oxygen atoms in total. The first kappa shape index (κ1) is 13.1. The zero-order chi connectivity index (χ0) is 12.1. The van der Waals surface area contributed by atoms with Crippen molar-refractivity contribution in [1.29, 1.82) is 0 Å². The lowest BCUT2D eigenvalue weighted by Gasteiger charge is -2.24. The summed E-state index contributed by atoms with van der Waals surface area (Å²) in [7, 11) is 2.06. The zero-order valence-electron chi connectivity index (χ0n) is 10.9. The van der Waals surface area contributed by atoms with Crippen LogP contribution >= 0.6 is 11.3 Å². The van der Waals surface area contributed by atoms with E-state index >= 15 is 0 Å². The zero-order valence-corrected chi connectivity index (χ0v) is 11.7. The van der Waals surface area contributed by atoms with Crippen molar-refractivity contribution in [3.63, 3.8) is 0 Å². The molecule has 2 unspecified atom stereocenters. The van der Waals surface area contributed by atoms with E-state index in [1.165, 1.54) is 41.9 Å². The van der Waals surface area contributed by atoms with Crippen LogP contribution in [0.25, 0.3) is 0 Å². The third kappa shape index (κ3) is 3.80. The summed E-state index contributed by atoms with van der Waals surface area (Å²) >= 11 is 1.90. The van der Waals surface area contributed by atoms with E-state index in [-0.39, 0.29) is 0 Å². The normalized spacial score (nSPS) is 22.6. The Hall–Kier alpha value is -0.380. The minimum absolute atomic E-state index is 0.499. The number of thiophene rings is 1. The van der Waals surface area contributed by atoms with Crippen LogP contribution in [0, 0.1) is 6.92 Å². The maximum Gasteiger partial charge on any atom is 0.0575 e. The van der Waals surface area contributed by atoms with Gasteiger partial charge in [-0.2, -0.15) is 0 Å². The average molecular weight is 253 g/mol. The third-order valence-corrected chi connectivity index (χ3v) is 4.62. The molecule has 0 spiro atoms. The fourth-order valence-corrected chi connectivity index (χ4v) is 3.48. The van der Waals surface area contributed by atoms with E-state index in [1.807, 2.05) is 11.3 Å². The minimum atomic E-state index is 0.499. The maximum atomic E-state index is 5.79. The van der Waals surface area contributed by atoms with Crippen LogP contribution in [0.2, 0.25) is 0 Å². The van der Waals surface area contributed by atoms with Crippen molar-refractivity contribution >= 4 is 11.3 Å². The highest BCUT2D eigenvalue weighted by molar-refractivity contribution is 7.12. The summed E-state index contributed by atoms with van der Waals surface area (Å²) in [5, 5.41) is 3.43. The molecule has 1 saturated heterocycles. The Bertz CT molecular complexity index is 331. The van der Waals surface area contributed by atoms with Crippen LogP contribution < -0.4 is 5.32 Å². The number of hydrogen-bond donors (Lipinski definition) is 1. The van der Waals surface area contributed by atoms with Gasteiger partial charge in [-0.15, -0.1) is 11.3 Å². The van der Waals surface area contributed by atoms with Crippen LogP contribution in [0.1, 0.15) is 47.9 Å². The van der Waals surface area contributed by atoms with Gasteiger partial charge in [-0.25, -0.2) is 0 Å². The van der Waals surface area contributed by atoms with E-state index in [4.69, 9.17) is 4.74 Å². The summed E-state index contributed by atoms with van der Waals surface area (Å²) in [5.41, 5.74) is 0. The number of ether oxygens (including phenoxy) is 1. The Morgan fingerprint density at radius 2 is 2.35 bits per heavy atom. The molecular formula is C14H23NOS. The molecule has 2 rings (SSSR count). The van der Waals surface area contributed by atoms with Gasteiger partial charge in [0.05, 0.1) is 6.10 Å². The van der Waals surface area contributed by atoms with Crippen LogP contribution in [-0.4, -0.2) is 19.8 Å². The fraction of sp³-hybridized carbons (Fsp3) is 0.714. The van der Waals surface area contributed by atoms with Crippen molar-refractivity contribution in [2.24, 2.45) is 0 Å². The molecule has 1 aliphatic heterocycles. The summed E-state index contributed by atoms with van der Waals surface area (Å²) in [6.45, 7) is 3.14. The van der Waals surface area contributed by atoms with Crippen molar-refractivity contribution in [1.82, 2.24) is 5.32 Å². The van der Waals surface area contributed by atoms with Crippen molar-refractivity contribution in [3.05, 3.63) is 21.9 Å². The third-order valence-electron chi connectivity index (χ3n) is 3.50. The molecule has 0 aliphatic carbocycles. The van der Waals surface area contributed by atoms with Crippen molar-refractivity contribution < 1.29 is 4.74 Å². The Balaban J connectivity index is 1.82. The lowest BCUT2D eigenvalue weighted by atomic mass is 10.0. The van der Waals surface area contributed by atoms with Crippen molar-refractivity contribution in [2.75, 3.05) is 13.7 Å². The first-order chi connectivity index (χ1) is 8.29. The summed E-state index contributed by atoms with van der Waals surface area (Å²) in [5.74, 6) is 0. The second-order valence-electron chi connectivity index (χ2n) is 4.86. The summed E-state index contributed by atoms with van der Waals surface area (Å²) in [6, 6.07) is 4.96. The van der Waals surface area contributed by atoms with Crippen LogP contribution in [-0.2, 0) is 4.74 Å². The van der Waals surface area contributed by atoms with Crippen molar-refractivity contribution in [3.8, 4) is 0 Å². The van der Waals surface area contributed by atoms with E-state index in [0.29, 0.717) is 12.1 Å². The smallest absolute Gasteiger partial charge is 0.0575 e. The molecule has 1 fully saturated rings. The van der Waals surface area contributed by atoms with Gasteiger partial charge in [0, 0.05) is 22.4 Å². The van der Waals surface area contributed by atoms with Gasteiger partial charge in [0.25, 0.3) is 0 Å². The van der Waals surface area contributed by atoms with E-state index in [1.54, 1.807) is 0 Å². The second kappa shape index (κ2) is 6.53. The standard InChI is InChI=1S/C14H23NOS/c1-11-6-9-14(17-11)13(15-2)8-7-12-5-3-4-10-16-12/h6,9,12-13,15H,3-5,7-8,10H2,1-2H3. The van der Waals surface area contributed by atoms with E-state index in [9.17, 15) is 0 Å². The van der Waals surface area contributed by atoms with Gasteiger partial charge in [0.2, 0.25) is 0 Å². The van der Waals surface area contributed by atoms with Gasteiger partial charge >= 0.3 is 0 Å². The highest BCUT2D eigenvalue weighted by Crippen LogP contribution is 2.28. The quantitative estimate of drug-likeness (QED) is 0.864. The molecule has 96 valence electrons. The van der Waals surface area contributed by atoms with Gasteiger partial charge in [0.15, 0.2) is 0 Å². The lowest BCUT2D eigenvalue weighted by molar-refractivity contribution is 0.00871. The SMILES string of the molecule is CNC(CCC1CCCCO1)c1ccc(C)s1. The van der Waals surface area contributed by atoms with Gasteiger partial charge in [-0.1, -0.05) is 0 Å². The maximum absolute atomic E-state index is 5.79. The lowest BCUT2D eigenvalue weighted by Crippen LogP contribution is -2.22. The van der Waals surface area contributed by atoms with E-state index in [2.05, 4.69) is 31.4 Å². The first-order valence-electron chi connectivity index (χ1n) is 6.65. The minimum Gasteiger partial charge on any atom is -0.378 e. The topological polar surface area (TPSA) is 21.3 Å². The molecule has 2 atom stereocenters. The van der Waals surface area contributed by atoms with Gasteiger partial charge in [-0.3, -0.25) is 0 Å². The molecule has 0 bridgehead atoms. The van der Waals surface area contributed by atoms with Crippen LogP contribution in [0.15, 0.2) is 12.1 Å². The summed E-state index contributed by atoms with van der Waals surface area (Å²) in [6.07, 6.45) is 6.70. The fourth-order valence-electron chi connectivity index (χ4n) is 2.46. The average Bonchev–Trinajstić information content (AvgIpc) is 2.78.